The minimum atomic E-state index is -0.775. The Balaban J connectivity index is 1.69. The quantitative estimate of drug-likeness (QED) is 0.208. The summed E-state index contributed by atoms with van der Waals surface area (Å²) >= 11 is 0. The number of carbonyl (C=O) groups is 2. The number of imide groups is 1. The van der Waals surface area contributed by atoms with Crippen molar-refractivity contribution in [3.8, 4) is 0 Å². The Morgan fingerprint density at radius 2 is 1.60 bits per heavy atom. The molecular weight excluding hydrogens is 508 g/mol. The van der Waals surface area contributed by atoms with Crippen LogP contribution in [-0.4, -0.2) is 88.9 Å². The first-order valence-corrected chi connectivity index (χ1v) is 13.6. The number of hydrogen-bond donors (Lipinski definition) is 1. The summed E-state index contributed by atoms with van der Waals surface area (Å²) in [6.45, 7) is 1.96. The number of benzene rings is 2. The fraction of sp³-hybridized carbons (Fsp3) is 0.367. The van der Waals surface area contributed by atoms with Crippen molar-refractivity contribution in [3.05, 3.63) is 67.7 Å². The molecule has 0 saturated carbocycles. The predicted molar refractivity (Wildman–Crippen MR) is 156 cm³/mol. The van der Waals surface area contributed by atoms with Gasteiger partial charge >= 0.3 is 0 Å². The lowest BCUT2D eigenvalue weighted by atomic mass is 9.79. The summed E-state index contributed by atoms with van der Waals surface area (Å²) in [5.74, 6) is -1.56. The molecule has 3 heterocycles. The highest BCUT2D eigenvalue weighted by Crippen LogP contribution is 2.43. The SMILES string of the molecule is CN(C)CCCN1C(=O)c2c3c4c(c(=O)n(CCCN(C)C)c(=O)c4c4[nH]c5ccccc5nc24)C=CC3C1=O. The molecule has 10 nitrogen and oxygen atoms in total. The van der Waals surface area contributed by atoms with Crippen molar-refractivity contribution in [2.24, 2.45) is 0 Å². The van der Waals surface area contributed by atoms with Crippen molar-refractivity contribution in [1.29, 1.82) is 0 Å². The van der Waals surface area contributed by atoms with Crippen molar-refractivity contribution in [1.82, 2.24) is 29.2 Å². The van der Waals surface area contributed by atoms with E-state index in [1.165, 1.54) is 9.47 Å². The van der Waals surface area contributed by atoms with Gasteiger partial charge in [-0.2, -0.15) is 0 Å². The van der Waals surface area contributed by atoms with Gasteiger partial charge in [0.1, 0.15) is 5.52 Å². The van der Waals surface area contributed by atoms with Gasteiger partial charge in [0.15, 0.2) is 0 Å². The summed E-state index contributed by atoms with van der Waals surface area (Å²) in [6, 6.07) is 7.42. The van der Waals surface area contributed by atoms with Crippen molar-refractivity contribution in [2.45, 2.75) is 25.3 Å². The highest BCUT2D eigenvalue weighted by molar-refractivity contribution is 6.25. The molecule has 2 aromatic heterocycles. The molecule has 2 amide bonds. The van der Waals surface area contributed by atoms with E-state index in [-0.39, 0.29) is 24.6 Å². The summed E-state index contributed by atoms with van der Waals surface area (Å²) in [4.78, 5) is 69.1. The molecule has 0 radical (unpaired) electrons. The summed E-state index contributed by atoms with van der Waals surface area (Å²) in [5.41, 5.74) is 2.28. The number of pyridine rings is 1. The van der Waals surface area contributed by atoms with E-state index >= 15 is 0 Å². The molecule has 40 heavy (non-hydrogen) atoms. The fourth-order valence-corrected chi connectivity index (χ4v) is 5.98. The van der Waals surface area contributed by atoms with Crippen LogP contribution in [0.4, 0.5) is 0 Å². The molecule has 1 aliphatic heterocycles. The Kier molecular flexibility index (Phi) is 6.39. The Bertz CT molecular complexity index is 1870. The monoisotopic (exact) mass is 540 g/mol. The average molecular weight is 541 g/mol. The second-order valence-electron chi connectivity index (χ2n) is 11.1. The topological polar surface area (TPSA) is 112 Å². The Hall–Kier alpha value is -4.15. The van der Waals surface area contributed by atoms with E-state index in [0.717, 1.165) is 6.54 Å². The lowest BCUT2D eigenvalue weighted by Crippen LogP contribution is -2.46. The number of hydrogen-bond acceptors (Lipinski definition) is 7. The van der Waals surface area contributed by atoms with E-state index in [0.29, 0.717) is 63.4 Å². The molecule has 1 aliphatic carbocycles. The first kappa shape index (κ1) is 26.1. The van der Waals surface area contributed by atoms with Gasteiger partial charge in [-0.15, -0.1) is 0 Å². The molecule has 0 saturated heterocycles. The number of nitrogens with one attached hydrogen (secondary N) is 1. The molecule has 10 heteroatoms. The van der Waals surface area contributed by atoms with Gasteiger partial charge in [0.2, 0.25) is 5.91 Å². The van der Waals surface area contributed by atoms with E-state index in [4.69, 9.17) is 4.98 Å². The van der Waals surface area contributed by atoms with Crippen LogP contribution in [0.2, 0.25) is 0 Å². The van der Waals surface area contributed by atoms with E-state index < -0.39 is 22.9 Å². The second kappa shape index (κ2) is 9.79. The minimum Gasteiger partial charge on any atom is -0.351 e. The van der Waals surface area contributed by atoms with Gasteiger partial charge < -0.3 is 14.8 Å². The molecule has 1 N–H and O–H groups in total. The normalized spacial score (nSPS) is 16.4. The largest absolute Gasteiger partial charge is 0.351 e. The zero-order valence-corrected chi connectivity index (χ0v) is 23.2. The number of para-hydroxylation sites is 2. The number of nitrogens with zero attached hydrogens (tertiary/aromatic N) is 5. The van der Waals surface area contributed by atoms with Gasteiger partial charge in [0, 0.05) is 24.0 Å². The Morgan fingerprint density at radius 3 is 2.33 bits per heavy atom. The van der Waals surface area contributed by atoms with Crippen LogP contribution in [0.3, 0.4) is 0 Å². The third-order valence-electron chi connectivity index (χ3n) is 7.84. The highest BCUT2D eigenvalue weighted by Gasteiger charge is 2.43. The summed E-state index contributed by atoms with van der Waals surface area (Å²) < 4.78 is 1.28. The molecule has 2 aromatic carbocycles. The van der Waals surface area contributed by atoms with Crippen molar-refractivity contribution < 1.29 is 9.59 Å². The molecule has 6 rings (SSSR count). The molecular formula is C30H32N6O4. The molecule has 0 bridgehead atoms. The molecule has 206 valence electrons. The van der Waals surface area contributed by atoms with Crippen LogP contribution in [-0.2, 0) is 11.3 Å². The second-order valence-corrected chi connectivity index (χ2v) is 11.1. The zero-order valence-electron chi connectivity index (χ0n) is 23.2. The number of carbonyl (C=O) groups excluding carboxylic acids is 2. The van der Waals surface area contributed by atoms with Crippen LogP contribution in [0.15, 0.2) is 39.9 Å². The van der Waals surface area contributed by atoms with Crippen molar-refractivity contribution >= 4 is 50.7 Å². The standard InChI is InChI=1S/C30H32N6O4/c1-33(2)13-7-15-35-27(37)17-11-12-18-22-21(17)23(29(35)39)25-26(32-20-10-6-5-9-19(20)31-25)24(22)30(40)36(28(18)38)16-8-14-34(3)4/h5-6,9-12,17,32H,7-8,13-16H2,1-4H3. The van der Waals surface area contributed by atoms with Crippen LogP contribution < -0.4 is 11.1 Å². The van der Waals surface area contributed by atoms with Crippen LogP contribution in [0.25, 0.3) is 38.9 Å². The van der Waals surface area contributed by atoms with Crippen molar-refractivity contribution in [2.75, 3.05) is 47.8 Å². The van der Waals surface area contributed by atoms with Gasteiger partial charge in [0.05, 0.1) is 33.4 Å². The number of fused-ring (bicyclic) bond motifs is 4. The maximum Gasteiger partial charge on any atom is 0.263 e. The number of aromatic amines is 1. The molecule has 0 fully saturated rings. The van der Waals surface area contributed by atoms with E-state index in [1.54, 1.807) is 12.2 Å². The van der Waals surface area contributed by atoms with Crippen LogP contribution in [0, 0.1) is 0 Å². The number of amides is 2. The van der Waals surface area contributed by atoms with Crippen LogP contribution in [0.1, 0.15) is 40.2 Å². The molecule has 0 spiro atoms. The maximum atomic E-state index is 14.1. The van der Waals surface area contributed by atoms with Crippen LogP contribution in [0.5, 0.6) is 0 Å². The maximum absolute atomic E-state index is 14.1. The summed E-state index contributed by atoms with van der Waals surface area (Å²) in [5, 5.41) is 0.680. The number of aromatic nitrogens is 3. The first-order chi connectivity index (χ1) is 19.2. The number of H-pyrrole nitrogens is 1. The average Bonchev–Trinajstić information content (AvgIpc) is 2.92. The zero-order chi connectivity index (χ0) is 28.3. The van der Waals surface area contributed by atoms with E-state index in [2.05, 4.69) is 4.98 Å². The third kappa shape index (κ3) is 3.98. The highest BCUT2D eigenvalue weighted by atomic mass is 16.2. The Labute approximate surface area is 230 Å². The Morgan fingerprint density at radius 1 is 0.900 bits per heavy atom. The first-order valence-electron chi connectivity index (χ1n) is 13.6. The fourth-order valence-electron chi connectivity index (χ4n) is 5.98. The molecule has 1 atom stereocenters. The lowest BCUT2D eigenvalue weighted by molar-refractivity contribution is -0.129. The molecule has 2 aliphatic rings. The van der Waals surface area contributed by atoms with Crippen molar-refractivity contribution in [3.63, 3.8) is 0 Å². The number of rotatable bonds is 8. The van der Waals surface area contributed by atoms with Gasteiger partial charge in [-0.25, -0.2) is 4.98 Å². The minimum absolute atomic E-state index is 0.257. The lowest BCUT2D eigenvalue weighted by Gasteiger charge is -2.34. The van der Waals surface area contributed by atoms with Gasteiger partial charge in [-0.3, -0.25) is 28.6 Å². The van der Waals surface area contributed by atoms with E-state index in [9.17, 15) is 19.2 Å². The third-order valence-corrected chi connectivity index (χ3v) is 7.84. The van der Waals surface area contributed by atoms with Crippen LogP contribution >= 0.6 is 0 Å². The van der Waals surface area contributed by atoms with E-state index in [1.807, 2.05) is 62.3 Å². The summed E-state index contributed by atoms with van der Waals surface area (Å²) in [6.07, 6.45) is 4.59. The smallest absolute Gasteiger partial charge is 0.263 e. The predicted octanol–water partition coefficient (Wildman–Crippen LogP) is 2.39. The van der Waals surface area contributed by atoms with Gasteiger partial charge in [-0.05, 0) is 71.8 Å². The summed E-state index contributed by atoms with van der Waals surface area (Å²) in [7, 11) is 7.77. The molecule has 4 aromatic rings. The molecule has 1 unspecified atom stereocenters. The van der Waals surface area contributed by atoms with Gasteiger partial charge in [-0.1, -0.05) is 24.3 Å². The van der Waals surface area contributed by atoms with Gasteiger partial charge in [0.25, 0.3) is 17.0 Å².